The Morgan fingerprint density at radius 3 is 2.76 bits per heavy atom. The van der Waals surface area contributed by atoms with E-state index in [2.05, 4.69) is 21.2 Å². The number of hydrogen-bond donors (Lipinski definition) is 1. The van der Waals surface area contributed by atoms with Crippen LogP contribution in [0.15, 0.2) is 45.7 Å². The number of furan rings is 1. The molecule has 0 amide bonds. The van der Waals surface area contributed by atoms with Crippen LogP contribution >= 0.6 is 15.9 Å². The molecule has 1 atom stereocenters. The third-order valence-electron chi connectivity index (χ3n) is 2.56. The van der Waals surface area contributed by atoms with Crippen LogP contribution in [-0.4, -0.2) is 6.54 Å². The molecule has 2 rings (SSSR count). The normalized spacial score (nSPS) is 12.6. The molecule has 0 fully saturated rings. The molecule has 0 radical (unpaired) electrons. The molecule has 0 aliphatic heterocycles. The third-order valence-corrected chi connectivity index (χ3v) is 3.17. The van der Waals surface area contributed by atoms with Gasteiger partial charge in [0.05, 0.1) is 23.0 Å². The first-order valence-corrected chi connectivity index (χ1v) is 6.22. The summed E-state index contributed by atoms with van der Waals surface area (Å²) in [5.41, 5.74) is 2.03. The molecule has 1 heterocycles. The number of benzene rings is 1. The fraction of sp³-hybridized carbons (Fsp3) is 0.231. The van der Waals surface area contributed by atoms with Gasteiger partial charge in [0.25, 0.3) is 0 Å². The number of nitrogens with one attached hydrogen (secondary N) is 1. The summed E-state index contributed by atoms with van der Waals surface area (Å²) in [7, 11) is 0. The van der Waals surface area contributed by atoms with E-state index in [0.29, 0.717) is 4.47 Å². The summed E-state index contributed by atoms with van der Waals surface area (Å²) in [6.07, 6.45) is 3.34. The smallest absolute Gasteiger partial charge is 0.137 e. The molecule has 1 aromatic carbocycles. The Morgan fingerprint density at radius 2 is 2.18 bits per heavy atom. The van der Waals surface area contributed by atoms with Gasteiger partial charge in [-0.2, -0.15) is 0 Å². The first-order chi connectivity index (χ1) is 8.22. The highest BCUT2D eigenvalue weighted by Gasteiger charge is 2.15. The molecule has 17 heavy (non-hydrogen) atoms. The first kappa shape index (κ1) is 12.3. The van der Waals surface area contributed by atoms with Crippen molar-refractivity contribution in [3.63, 3.8) is 0 Å². The largest absolute Gasteiger partial charge is 0.472 e. The molecule has 2 nitrogen and oxygen atoms in total. The molecule has 0 saturated heterocycles. The second-order valence-corrected chi connectivity index (χ2v) is 4.58. The van der Waals surface area contributed by atoms with Crippen molar-refractivity contribution < 1.29 is 8.81 Å². The highest BCUT2D eigenvalue weighted by molar-refractivity contribution is 9.10. The summed E-state index contributed by atoms with van der Waals surface area (Å²) in [5.74, 6) is -0.254. The summed E-state index contributed by atoms with van der Waals surface area (Å²) >= 11 is 3.20. The topological polar surface area (TPSA) is 25.2 Å². The van der Waals surface area contributed by atoms with Gasteiger partial charge in [-0.05, 0) is 46.2 Å². The van der Waals surface area contributed by atoms with E-state index in [0.717, 1.165) is 17.7 Å². The molecule has 0 saturated carbocycles. The molecule has 4 heteroatoms. The van der Waals surface area contributed by atoms with Crippen molar-refractivity contribution in [2.24, 2.45) is 0 Å². The van der Waals surface area contributed by atoms with E-state index in [-0.39, 0.29) is 11.9 Å². The van der Waals surface area contributed by atoms with Gasteiger partial charge in [0.1, 0.15) is 5.82 Å². The van der Waals surface area contributed by atoms with Gasteiger partial charge in [-0.15, -0.1) is 0 Å². The van der Waals surface area contributed by atoms with Crippen molar-refractivity contribution in [3.05, 3.63) is 58.2 Å². The lowest BCUT2D eigenvalue weighted by molar-refractivity contribution is 0.552. The van der Waals surface area contributed by atoms with Crippen molar-refractivity contribution in [2.75, 3.05) is 6.54 Å². The van der Waals surface area contributed by atoms with E-state index in [1.807, 2.05) is 13.0 Å². The minimum absolute atomic E-state index is 0.0237. The minimum atomic E-state index is -0.254. The van der Waals surface area contributed by atoms with Crippen molar-refractivity contribution in [1.29, 1.82) is 0 Å². The van der Waals surface area contributed by atoms with Crippen LogP contribution in [0.3, 0.4) is 0 Å². The summed E-state index contributed by atoms with van der Waals surface area (Å²) < 4.78 is 18.8. The predicted molar refractivity (Wildman–Crippen MR) is 68.3 cm³/mol. The van der Waals surface area contributed by atoms with Crippen LogP contribution in [0.2, 0.25) is 0 Å². The van der Waals surface area contributed by atoms with Gasteiger partial charge in [0, 0.05) is 5.56 Å². The Balaban J connectivity index is 2.35. The third kappa shape index (κ3) is 2.76. The molecular formula is C13H13BrFNO. The van der Waals surface area contributed by atoms with E-state index >= 15 is 0 Å². The lowest BCUT2D eigenvalue weighted by Crippen LogP contribution is -2.21. The van der Waals surface area contributed by atoms with Gasteiger partial charge >= 0.3 is 0 Å². The van der Waals surface area contributed by atoms with Gasteiger partial charge < -0.3 is 9.73 Å². The summed E-state index contributed by atoms with van der Waals surface area (Å²) in [6, 6.07) is 6.96. The molecule has 0 spiro atoms. The Morgan fingerprint density at radius 1 is 1.35 bits per heavy atom. The molecule has 1 aromatic heterocycles. The van der Waals surface area contributed by atoms with E-state index in [1.165, 1.54) is 6.07 Å². The molecule has 0 bridgehead atoms. The zero-order chi connectivity index (χ0) is 12.3. The van der Waals surface area contributed by atoms with Gasteiger partial charge in [0.15, 0.2) is 0 Å². The Kier molecular flexibility index (Phi) is 3.97. The van der Waals surface area contributed by atoms with Crippen LogP contribution in [0.25, 0.3) is 0 Å². The predicted octanol–water partition coefficient (Wildman–Crippen LogP) is 3.88. The maximum atomic E-state index is 13.2. The highest BCUT2D eigenvalue weighted by Crippen LogP contribution is 2.26. The van der Waals surface area contributed by atoms with Crippen molar-refractivity contribution >= 4 is 15.9 Å². The van der Waals surface area contributed by atoms with E-state index in [9.17, 15) is 4.39 Å². The minimum Gasteiger partial charge on any atom is -0.472 e. The molecule has 90 valence electrons. The van der Waals surface area contributed by atoms with Crippen LogP contribution in [0, 0.1) is 5.82 Å². The van der Waals surface area contributed by atoms with Crippen LogP contribution in [-0.2, 0) is 0 Å². The molecule has 2 aromatic rings. The van der Waals surface area contributed by atoms with Crippen molar-refractivity contribution in [2.45, 2.75) is 13.0 Å². The average molecular weight is 298 g/mol. The van der Waals surface area contributed by atoms with E-state index in [1.54, 1.807) is 24.7 Å². The standard InChI is InChI=1S/C13H13BrFNO/c1-2-16-13(10-5-6-17-8-10)9-3-4-12(15)11(14)7-9/h3-8,13,16H,2H2,1H3. The highest BCUT2D eigenvalue weighted by atomic mass is 79.9. The summed E-state index contributed by atoms with van der Waals surface area (Å²) in [5, 5.41) is 3.34. The monoisotopic (exact) mass is 297 g/mol. The van der Waals surface area contributed by atoms with Gasteiger partial charge in [-0.25, -0.2) is 4.39 Å². The van der Waals surface area contributed by atoms with Gasteiger partial charge in [0.2, 0.25) is 0 Å². The van der Waals surface area contributed by atoms with Crippen molar-refractivity contribution in [3.8, 4) is 0 Å². The average Bonchev–Trinajstić information content (AvgIpc) is 2.83. The lowest BCUT2D eigenvalue weighted by Gasteiger charge is -2.17. The van der Waals surface area contributed by atoms with Crippen LogP contribution in [0.5, 0.6) is 0 Å². The maximum Gasteiger partial charge on any atom is 0.137 e. The molecule has 0 aliphatic rings. The molecule has 0 aliphatic carbocycles. The molecule has 1 N–H and O–H groups in total. The second kappa shape index (κ2) is 5.47. The Bertz CT molecular complexity index is 484. The molecular weight excluding hydrogens is 285 g/mol. The number of halogens is 2. The Hall–Kier alpha value is -1.13. The maximum absolute atomic E-state index is 13.2. The fourth-order valence-corrected chi connectivity index (χ4v) is 2.16. The van der Waals surface area contributed by atoms with Crippen LogP contribution in [0.4, 0.5) is 4.39 Å². The zero-order valence-electron chi connectivity index (χ0n) is 9.41. The number of rotatable bonds is 4. The van der Waals surface area contributed by atoms with Crippen LogP contribution < -0.4 is 5.32 Å². The van der Waals surface area contributed by atoms with Crippen molar-refractivity contribution in [1.82, 2.24) is 5.32 Å². The van der Waals surface area contributed by atoms with Gasteiger partial charge in [-0.1, -0.05) is 13.0 Å². The number of hydrogen-bond acceptors (Lipinski definition) is 2. The van der Waals surface area contributed by atoms with Gasteiger partial charge in [-0.3, -0.25) is 0 Å². The van der Waals surface area contributed by atoms with E-state index in [4.69, 9.17) is 4.42 Å². The SMILES string of the molecule is CCNC(c1ccoc1)c1ccc(F)c(Br)c1. The summed E-state index contributed by atoms with van der Waals surface area (Å²) in [6.45, 7) is 2.86. The first-order valence-electron chi connectivity index (χ1n) is 5.42. The summed E-state index contributed by atoms with van der Waals surface area (Å²) in [4.78, 5) is 0. The molecule has 1 unspecified atom stereocenters. The second-order valence-electron chi connectivity index (χ2n) is 3.72. The Labute approximate surface area is 108 Å². The lowest BCUT2D eigenvalue weighted by atomic mass is 10.0. The fourth-order valence-electron chi connectivity index (χ4n) is 1.76. The quantitative estimate of drug-likeness (QED) is 0.926. The van der Waals surface area contributed by atoms with Crippen LogP contribution in [0.1, 0.15) is 24.1 Å². The van der Waals surface area contributed by atoms with E-state index < -0.39 is 0 Å². The zero-order valence-corrected chi connectivity index (χ0v) is 11.0.